The zero-order valence-electron chi connectivity index (χ0n) is 16.8. The van der Waals surface area contributed by atoms with Crippen LogP contribution >= 0.6 is 11.6 Å². The monoisotopic (exact) mass is 397 g/mol. The summed E-state index contributed by atoms with van der Waals surface area (Å²) in [7, 11) is 0. The summed E-state index contributed by atoms with van der Waals surface area (Å²) in [5.74, 6) is 1.06. The summed E-state index contributed by atoms with van der Waals surface area (Å²) in [5, 5.41) is 3.96. The van der Waals surface area contributed by atoms with E-state index < -0.39 is 0 Å². The third kappa shape index (κ3) is 4.39. The van der Waals surface area contributed by atoms with E-state index >= 15 is 0 Å². The van der Waals surface area contributed by atoms with Gasteiger partial charge < -0.3 is 9.88 Å². The number of fused-ring (bicyclic) bond motifs is 1. The summed E-state index contributed by atoms with van der Waals surface area (Å²) >= 11 is 6.04. The van der Waals surface area contributed by atoms with Crippen molar-refractivity contribution in [2.45, 2.75) is 52.6 Å². The zero-order chi connectivity index (χ0) is 20.1. The predicted octanol–water partition coefficient (Wildman–Crippen LogP) is 5.74. The molecule has 3 rings (SSSR count). The summed E-state index contributed by atoms with van der Waals surface area (Å²) in [6.07, 6.45) is 2.48. The molecule has 0 aliphatic rings. The number of rotatable bonds is 8. The topological polar surface area (TPSA) is 46.9 Å². The summed E-state index contributed by atoms with van der Waals surface area (Å²) in [4.78, 5) is 17.6. The number of carbonyl (C=O) groups excluding carboxylic acids is 1. The SMILES string of the molecule is CCC(CC)C(=O)NC(CC)c1nc2ccccc2n1Cc1ccc(Cl)cc1. The molecule has 1 N–H and O–H groups in total. The normalized spacial score (nSPS) is 12.5. The van der Waals surface area contributed by atoms with Gasteiger partial charge in [0.2, 0.25) is 5.91 Å². The van der Waals surface area contributed by atoms with Crippen molar-refractivity contribution in [3.8, 4) is 0 Å². The van der Waals surface area contributed by atoms with E-state index in [0.717, 1.165) is 46.7 Å². The highest BCUT2D eigenvalue weighted by Gasteiger charge is 2.23. The second-order valence-electron chi connectivity index (χ2n) is 7.15. The van der Waals surface area contributed by atoms with Crippen LogP contribution in [0, 0.1) is 5.92 Å². The molecule has 0 radical (unpaired) electrons. The number of nitrogens with zero attached hydrogens (tertiary/aromatic N) is 2. The summed E-state index contributed by atoms with van der Waals surface area (Å²) in [5.41, 5.74) is 3.17. The van der Waals surface area contributed by atoms with Gasteiger partial charge in [0.25, 0.3) is 0 Å². The second kappa shape index (κ2) is 9.24. The standard InChI is InChI=1S/C23H28ClN3O/c1-4-17(5-2)23(28)26-19(6-3)22-25-20-9-7-8-10-21(20)27(22)15-16-11-13-18(24)14-12-16/h7-14,17,19H,4-6,15H2,1-3H3,(H,26,28). The van der Waals surface area contributed by atoms with Crippen LogP contribution in [0.5, 0.6) is 0 Å². The lowest BCUT2D eigenvalue weighted by molar-refractivity contribution is -0.126. The maximum absolute atomic E-state index is 12.7. The Morgan fingerprint density at radius 2 is 1.71 bits per heavy atom. The van der Waals surface area contributed by atoms with Crippen molar-refractivity contribution >= 4 is 28.5 Å². The Kier molecular flexibility index (Phi) is 6.74. The number of hydrogen-bond acceptors (Lipinski definition) is 2. The molecular formula is C23H28ClN3O. The van der Waals surface area contributed by atoms with Crippen LogP contribution in [-0.2, 0) is 11.3 Å². The van der Waals surface area contributed by atoms with Gasteiger partial charge in [-0.15, -0.1) is 0 Å². The van der Waals surface area contributed by atoms with Crippen molar-refractivity contribution < 1.29 is 4.79 Å². The molecule has 2 aromatic carbocycles. The van der Waals surface area contributed by atoms with Gasteiger partial charge in [0.15, 0.2) is 0 Å². The lowest BCUT2D eigenvalue weighted by atomic mass is 10.0. The summed E-state index contributed by atoms with van der Waals surface area (Å²) in [6, 6.07) is 15.9. The van der Waals surface area contributed by atoms with Crippen molar-refractivity contribution in [1.82, 2.24) is 14.9 Å². The number of amides is 1. The van der Waals surface area contributed by atoms with Gasteiger partial charge in [0.05, 0.1) is 17.1 Å². The summed E-state index contributed by atoms with van der Waals surface area (Å²) in [6.45, 7) is 6.89. The molecule has 0 bridgehead atoms. The van der Waals surface area contributed by atoms with Crippen LogP contribution in [0.25, 0.3) is 11.0 Å². The fourth-order valence-corrected chi connectivity index (χ4v) is 3.72. The second-order valence-corrected chi connectivity index (χ2v) is 7.59. The number of benzene rings is 2. The Labute approximate surface area is 171 Å². The van der Waals surface area contributed by atoms with Crippen LogP contribution in [0.2, 0.25) is 5.02 Å². The molecule has 1 aromatic heterocycles. The molecule has 0 aliphatic carbocycles. The highest BCUT2D eigenvalue weighted by Crippen LogP contribution is 2.25. The molecule has 0 aliphatic heterocycles. The molecule has 1 unspecified atom stereocenters. The van der Waals surface area contributed by atoms with E-state index in [1.54, 1.807) is 0 Å². The molecule has 0 saturated carbocycles. The first-order valence-corrected chi connectivity index (χ1v) is 10.4. The molecule has 3 aromatic rings. The number of carbonyl (C=O) groups is 1. The lowest BCUT2D eigenvalue weighted by Crippen LogP contribution is -2.34. The molecule has 4 nitrogen and oxygen atoms in total. The van der Waals surface area contributed by atoms with Gasteiger partial charge >= 0.3 is 0 Å². The Morgan fingerprint density at radius 1 is 1.04 bits per heavy atom. The molecule has 148 valence electrons. The minimum Gasteiger partial charge on any atom is -0.346 e. The van der Waals surface area contributed by atoms with Gasteiger partial charge in [-0.1, -0.05) is 56.6 Å². The number of nitrogens with one attached hydrogen (secondary N) is 1. The van der Waals surface area contributed by atoms with Gasteiger partial charge in [-0.2, -0.15) is 0 Å². The minimum absolute atomic E-state index is 0.0446. The van der Waals surface area contributed by atoms with Gasteiger partial charge in [-0.3, -0.25) is 4.79 Å². The van der Waals surface area contributed by atoms with Crippen LogP contribution in [-0.4, -0.2) is 15.5 Å². The Hall–Kier alpha value is -2.33. The van der Waals surface area contributed by atoms with E-state index in [0.29, 0.717) is 6.54 Å². The van der Waals surface area contributed by atoms with Crippen LogP contribution in [0.4, 0.5) is 0 Å². The van der Waals surface area contributed by atoms with E-state index in [1.807, 2.05) is 42.5 Å². The van der Waals surface area contributed by atoms with E-state index in [-0.39, 0.29) is 17.9 Å². The smallest absolute Gasteiger partial charge is 0.223 e. The molecular weight excluding hydrogens is 370 g/mol. The zero-order valence-corrected chi connectivity index (χ0v) is 17.5. The van der Waals surface area contributed by atoms with Gasteiger partial charge in [-0.25, -0.2) is 4.98 Å². The Bertz CT molecular complexity index is 929. The maximum atomic E-state index is 12.7. The molecule has 1 heterocycles. The fourth-order valence-electron chi connectivity index (χ4n) is 3.60. The average molecular weight is 398 g/mol. The van der Waals surface area contributed by atoms with Crippen molar-refractivity contribution in [3.05, 3.63) is 64.9 Å². The first-order chi connectivity index (χ1) is 13.6. The van der Waals surface area contributed by atoms with E-state index in [2.05, 4.69) is 36.7 Å². The average Bonchev–Trinajstić information content (AvgIpc) is 3.07. The van der Waals surface area contributed by atoms with Crippen molar-refractivity contribution in [1.29, 1.82) is 0 Å². The lowest BCUT2D eigenvalue weighted by Gasteiger charge is -2.21. The number of aromatic nitrogens is 2. The third-order valence-electron chi connectivity index (χ3n) is 5.33. The number of hydrogen-bond donors (Lipinski definition) is 1. The van der Waals surface area contributed by atoms with Crippen LogP contribution in [0.3, 0.4) is 0 Å². The minimum atomic E-state index is -0.118. The van der Waals surface area contributed by atoms with E-state index in [9.17, 15) is 4.79 Å². The third-order valence-corrected chi connectivity index (χ3v) is 5.58. The summed E-state index contributed by atoms with van der Waals surface area (Å²) < 4.78 is 2.21. The Morgan fingerprint density at radius 3 is 2.36 bits per heavy atom. The van der Waals surface area contributed by atoms with E-state index in [1.165, 1.54) is 0 Å². The molecule has 1 atom stereocenters. The molecule has 0 fully saturated rings. The van der Waals surface area contributed by atoms with E-state index in [4.69, 9.17) is 16.6 Å². The molecule has 5 heteroatoms. The van der Waals surface area contributed by atoms with Gasteiger partial charge in [0, 0.05) is 17.5 Å². The van der Waals surface area contributed by atoms with Crippen molar-refractivity contribution in [2.24, 2.45) is 5.92 Å². The molecule has 0 saturated heterocycles. The molecule has 0 spiro atoms. The van der Waals surface area contributed by atoms with Gasteiger partial charge in [-0.05, 0) is 49.1 Å². The predicted molar refractivity (Wildman–Crippen MR) is 116 cm³/mol. The first kappa shape index (κ1) is 20.4. The molecule has 1 amide bonds. The van der Waals surface area contributed by atoms with Crippen LogP contribution < -0.4 is 5.32 Å². The van der Waals surface area contributed by atoms with Crippen LogP contribution in [0.1, 0.15) is 57.5 Å². The van der Waals surface area contributed by atoms with Gasteiger partial charge in [0.1, 0.15) is 5.82 Å². The Balaban J connectivity index is 1.98. The quantitative estimate of drug-likeness (QED) is 0.526. The fraction of sp³-hybridized carbons (Fsp3) is 0.391. The number of para-hydroxylation sites is 2. The molecule has 28 heavy (non-hydrogen) atoms. The van der Waals surface area contributed by atoms with Crippen molar-refractivity contribution in [2.75, 3.05) is 0 Å². The highest BCUT2D eigenvalue weighted by atomic mass is 35.5. The largest absolute Gasteiger partial charge is 0.346 e. The van der Waals surface area contributed by atoms with Crippen molar-refractivity contribution in [3.63, 3.8) is 0 Å². The first-order valence-electron chi connectivity index (χ1n) is 10.1. The number of imidazole rings is 1. The highest BCUT2D eigenvalue weighted by molar-refractivity contribution is 6.30. The number of halogens is 1. The van der Waals surface area contributed by atoms with Crippen LogP contribution in [0.15, 0.2) is 48.5 Å². The maximum Gasteiger partial charge on any atom is 0.223 e.